The number of pyridine rings is 1. The standard InChI is InChI=1S/C11H12ClN3O/c1-7(2)6-15-8-4-5-9(12)13-10(8)14(3)11(15)16/h4-5H,1,6H2,2-3H3. The highest BCUT2D eigenvalue weighted by Crippen LogP contribution is 2.14. The van der Waals surface area contributed by atoms with Gasteiger partial charge in [0, 0.05) is 13.6 Å². The first-order chi connectivity index (χ1) is 7.50. The van der Waals surface area contributed by atoms with Crippen LogP contribution in [-0.2, 0) is 13.6 Å². The van der Waals surface area contributed by atoms with Crippen LogP contribution in [0.5, 0.6) is 0 Å². The Hall–Kier alpha value is -1.55. The highest BCUT2D eigenvalue weighted by atomic mass is 35.5. The fraction of sp³-hybridized carbons (Fsp3) is 0.273. The molecular weight excluding hydrogens is 226 g/mol. The third kappa shape index (κ3) is 1.65. The van der Waals surface area contributed by atoms with Crippen molar-refractivity contribution >= 4 is 22.8 Å². The molecule has 0 bridgehead atoms. The topological polar surface area (TPSA) is 39.8 Å². The Balaban J connectivity index is 2.79. The summed E-state index contributed by atoms with van der Waals surface area (Å²) in [7, 11) is 1.68. The van der Waals surface area contributed by atoms with Crippen molar-refractivity contribution in [3.63, 3.8) is 0 Å². The second kappa shape index (κ2) is 3.79. The molecule has 0 saturated carbocycles. The summed E-state index contributed by atoms with van der Waals surface area (Å²) in [6, 6.07) is 3.48. The van der Waals surface area contributed by atoms with Gasteiger partial charge in [0.1, 0.15) is 5.15 Å². The molecule has 0 N–H and O–H groups in total. The first kappa shape index (κ1) is 11.0. The van der Waals surface area contributed by atoms with Crippen molar-refractivity contribution in [2.45, 2.75) is 13.5 Å². The Kier molecular flexibility index (Phi) is 2.59. The van der Waals surface area contributed by atoms with Crippen molar-refractivity contribution in [2.24, 2.45) is 7.05 Å². The molecule has 0 saturated heterocycles. The van der Waals surface area contributed by atoms with E-state index in [1.807, 2.05) is 6.92 Å². The minimum atomic E-state index is -0.104. The van der Waals surface area contributed by atoms with Gasteiger partial charge in [-0.3, -0.25) is 9.13 Å². The summed E-state index contributed by atoms with van der Waals surface area (Å²) < 4.78 is 3.13. The molecule has 2 aromatic rings. The van der Waals surface area contributed by atoms with Gasteiger partial charge in [-0.1, -0.05) is 23.8 Å². The van der Waals surface area contributed by atoms with Crippen LogP contribution >= 0.6 is 11.6 Å². The van der Waals surface area contributed by atoms with E-state index in [1.54, 1.807) is 23.7 Å². The summed E-state index contributed by atoms with van der Waals surface area (Å²) in [5.74, 6) is 0. The molecule has 0 aliphatic rings. The second-order valence-corrected chi connectivity index (χ2v) is 4.25. The van der Waals surface area contributed by atoms with Gasteiger partial charge in [0.05, 0.1) is 5.52 Å². The summed E-state index contributed by atoms with van der Waals surface area (Å²) in [5.41, 5.74) is 2.19. The lowest BCUT2D eigenvalue weighted by atomic mass is 10.3. The highest BCUT2D eigenvalue weighted by Gasteiger charge is 2.11. The van der Waals surface area contributed by atoms with E-state index in [4.69, 9.17) is 11.6 Å². The Labute approximate surface area is 97.8 Å². The quantitative estimate of drug-likeness (QED) is 0.592. The van der Waals surface area contributed by atoms with Gasteiger partial charge >= 0.3 is 5.69 Å². The van der Waals surface area contributed by atoms with Crippen LogP contribution in [0, 0.1) is 0 Å². The molecule has 0 aliphatic heterocycles. The normalized spacial score (nSPS) is 10.9. The number of fused-ring (bicyclic) bond motifs is 1. The molecule has 0 atom stereocenters. The molecule has 2 aromatic heterocycles. The molecular formula is C11H12ClN3O. The average molecular weight is 238 g/mol. The fourth-order valence-corrected chi connectivity index (χ4v) is 1.82. The predicted molar refractivity (Wildman–Crippen MR) is 64.8 cm³/mol. The molecule has 16 heavy (non-hydrogen) atoms. The van der Waals surface area contributed by atoms with E-state index >= 15 is 0 Å². The van der Waals surface area contributed by atoms with Crippen molar-refractivity contribution in [3.8, 4) is 0 Å². The van der Waals surface area contributed by atoms with E-state index in [0.717, 1.165) is 11.1 Å². The lowest BCUT2D eigenvalue weighted by Crippen LogP contribution is -2.22. The number of aromatic nitrogens is 3. The number of rotatable bonds is 2. The molecule has 0 spiro atoms. The lowest BCUT2D eigenvalue weighted by molar-refractivity contribution is 0.727. The summed E-state index contributed by atoms with van der Waals surface area (Å²) in [4.78, 5) is 16.1. The molecule has 0 unspecified atom stereocenters. The number of halogens is 1. The van der Waals surface area contributed by atoms with E-state index in [-0.39, 0.29) is 5.69 Å². The predicted octanol–water partition coefficient (Wildman–Crippen LogP) is 1.96. The molecule has 0 aliphatic carbocycles. The van der Waals surface area contributed by atoms with Crippen LogP contribution in [0.1, 0.15) is 6.92 Å². The number of imidazole rings is 1. The first-order valence-electron chi connectivity index (χ1n) is 4.87. The molecule has 0 radical (unpaired) electrons. The molecule has 5 heteroatoms. The van der Waals surface area contributed by atoms with Crippen LogP contribution in [0.25, 0.3) is 11.2 Å². The van der Waals surface area contributed by atoms with Gasteiger partial charge in [-0.05, 0) is 19.1 Å². The number of hydrogen-bond acceptors (Lipinski definition) is 2. The van der Waals surface area contributed by atoms with Crippen molar-refractivity contribution in [3.05, 3.63) is 39.9 Å². The van der Waals surface area contributed by atoms with Gasteiger partial charge in [-0.25, -0.2) is 9.78 Å². The van der Waals surface area contributed by atoms with Gasteiger partial charge in [-0.15, -0.1) is 0 Å². The third-order valence-electron chi connectivity index (χ3n) is 2.37. The zero-order valence-electron chi connectivity index (χ0n) is 9.20. The maximum absolute atomic E-state index is 11.9. The number of nitrogens with zero attached hydrogens (tertiary/aromatic N) is 3. The van der Waals surface area contributed by atoms with Crippen LogP contribution in [0.3, 0.4) is 0 Å². The largest absolute Gasteiger partial charge is 0.330 e. The Morgan fingerprint density at radius 3 is 2.88 bits per heavy atom. The average Bonchev–Trinajstić information content (AvgIpc) is 2.43. The SMILES string of the molecule is C=C(C)Cn1c(=O)n(C)c2nc(Cl)ccc21. The van der Waals surface area contributed by atoms with Crippen molar-refractivity contribution < 1.29 is 0 Å². The van der Waals surface area contributed by atoms with Crippen molar-refractivity contribution in [1.82, 2.24) is 14.1 Å². The van der Waals surface area contributed by atoms with E-state index in [1.165, 1.54) is 4.57 Å². The number of aryl methyl sites for hydroxylation is 1. The third-order valence-corrected chi connectivity index (χ3v) is 2.59. The maximum atomic E-state index is 11.9. The van der Waals surface area contributed by atoms with Crippen LogP contribution in [0.15, 0.2) is 29.1 Å². The molecule has 84 valence electrons. The van der Waals surface area contributed by atoms with Gasteiger partial charge in [0.2, 0.25) is 0 Å². The highest BCUT2D eigenvalue weighted by molar-refractivity contribution is 6.29. The van der Waals surface area contributed by atoms with Crippen LogP contribution < -0.4 is 5.69 Å². The Morgan fingerprint density at radius 2 is 2.25 bits per heavy atom. The summed E-state index contributed by atoms with van der Waals surface area (Å²) in [6.07, 6.45) is 0. The van der Waals surface area contributed by atoms with E-state index < -0.39 is 0 Å². The molecule has 0 amide bonds. The molecule has 2 heterocycles. The fourth-order valence-electron chi connectivity index (χ4n) is 1.67. The zero-order chi connectivity index (χ0) is 11.9. The number of hydrogen-bond donors (Lipinski definition) is 0. The lowest BCUT2D eigenvalue weighted by Gasteiger charge is -2.01. The van der Waals surface area contributed by atoms with Crippen molar-refractivity contribution in [1.29, 1.82) is 0 Å². The minimum Gasteiger partial charge on any atom is -0.286 e. The van der Waals surface area contributed by atoms with Crippen LogP contribution in [0.4, 0.5) is 0 Å². The molecule has 0 aromatic carbocycles. The summed E-state index contributed by atoms with van der Waals surface area (Å²) >= 11 is 5.80. The smallest absolute Gasteiger partial charge is 0.286 e. The molecule has 0 fully saturated rings. The maximum Gasteiger partial charge on any atom is 0.330 e. The number of allylic oxidation sites excluding steroid dienone is 1. The zero-order valence-corrected chi connectivity index (χ0v) is 9.95. The minimum absolute atomic E-state index is 0.104. The van der Waals surface area contributed by atoms with Crippen LogP contribution in [0.2, 0.25) is 5.15 Å². The van der Waals surface area contributed by atoms with Crippen molar-refractivity contribution in [2.75, 3.05) is 0 Å². The molecule has 4 nitrogen and oxygen atoms in total. The van der Waals surface area contributed by atoms with Gasteiger partial charge < -0.3 is 0 Å². The summed E-state index contributed by atoms with van der Waals surface area (Å²) in [6.45, 7) is 6.19. The Bertz CT molecular complexity index is 624. The second-order valence-electron chi connectivity index (χ2n) is 3.86. The van der Waals surface area contributed by atoms with E-state index in [2.05, 4.69) is 11.6 Å². The molecule has 2 rings (SSSR count). The van der Waals surface area contributed by atoms with Crippen LogP contribution in [-0.4, -0.2) is 14.1 Å². The van der Waals surface area contributed by atoms with Gasteiger partial charge in [0.25, 0.3) is 0 Å². The van der Waals surface area contributed by atoms with E-state index in [9.17, 15) is 4.79 Å². The monoisotopic (exact) mass is 237 g/mol. The Morgan fingerprint density at radius 1 is 1.56 bits per heavy atom. The summed E-state index contributed by atoms with van der Waals surface area (Å²) in [5, 5.41) is 0.385. The van der Waals surface area contributed by atoms with Gasteiger partial charge in [0.15, 0.2) is 5.65 Å². The first-order valence-corrected chi connectivity index (χ1v) is 5.24. The van der Waals surface area contributed by atoms with E-state index in [0.29, 0.717) is 17.3 Å². The van der Waals surface area contributed by atoms with Gasteiger partial charge in [-0.2, -0.15) is 0 Å².